The van der Waals surface area contributed by atoms with E-state index in [0.717, 1.165) is 17.8 Å². The van der Waals surface area contributed by atoms with Gasteiger partial charge in [-0.2, -0.15) is 0 Å². The first-order valence-electron chi connectivity index (χ1n) is 8.49. The van der Waals surface area contributed by atoms with E-state index >= 15 is 0 Å². The number of carbonyl (C=O) groups is 2. The number of hydrogen-bond acceptors (Lipinski definition) is 8. The maximum atomic E-state index is 12.3. The average Bonchev–Trinajstić information content (AvgIpc) is 3.26. The highest BCUT2D eigenvalue weighted by molar-refractivity contribution is 7.91. The number of nitrogens with one attached hydrogen (secondary N) is 3. The van der Waals surface area contributed by atoms with Crippen LogP contribution < -0.4 is 15.4 Å². The van der Waals surface area contributed by atoms with E-state index in [9.17, 15) is 23.1 Å². The van der Waals surface area contributed by atoms with Gasteiger partial charge in [-0.3, -0.25) is 9.59 Å². The van der Waals surface area contributed by atoms with Crippen molar-refractivity contribution >= 4 is 49.6 Å². The van der Waals surface area contributed by atoms with Crippen molar-refractivity contribution in [2.75, 3.05) is 11.9 Å². The third kappa shape index (κ3) is 4.94. The van der Waals surface area contributed by atoms with Gasteiger partial charge in [0.15, 0.2) is 5.13 Å². The first-order chi connectivity index (χ1) is 13.2. The molecule has 0 bridgehead atoms. The van der Waals surface area contributed by atoms with E-state index in [1.54, 1.807) is 6.07 Å². The number of carbonyl (C=O) groups excluding carboxylic acids is 2. The highest BCUT2D eigenvalue weighted by Crippen LogP contribution is 2.43. The molecule has 0 atom stereocenters. The van der Waals surface area contributed by atoms with E-state index in [0.29, 0.717) is 27.7 Å². The van der Waals surface area contributed by atoms with Gasteiger partial charge in [-0.1, -0.05) is 11.3 Å². The molecular formula is C16H20N4O5S3. The summed E-state index contributed by atoms with van der Waals surface area (Å²) < 4.78 is 26.9. The zero-order valence-corrected chi connectivity index (χ0v) is 17.5. The monoisotopic (exact) mass is 444 g/mol. The molecule has 2 aromatic rings. The number of aliphatic hydroxyl groups is 1. The first kappa shape index (κ1) is 20.9. The molecule has 1 aliphatic carbocycles. The van der Waals surface area contributed by atoms with Crippen LogP contribution in [0.15, 0.2) is 22.5 Å². The van der Waals surface area contributed by atoms with Gasteiger partial charge in [0.1, 0.15) is 9.81 Å². The fourth-order valence-electron chi connectivity index (χ4n) is 2.51. The Bertz CT molecular complexity index is 978. The SMILES string of the molecule is CC(=O)NCc1ccc(S(=O)(=O)NCC(=O)Nc2ncc(C3(O)CCC3)s2)s1. The van der Waals surface area contributed by atoms with Crippen molar-refractivity contribution in [3.8, 4) is 0 Å². The van der Waals surface area contributed by atoms with Gasteiger partial charge in [-0.05, 0) is 31.4 Å². The van der Waals surface area contributed by atoms with Crippen LogP contribution in [0.3, 0.4) is 0 Å². The van der Waals surface area contributed by atoms with Gasteiger partial charge < -0.3 is 15.7 Å². The molecule has 0 saturated heterocycles. The van der Waals surface area contributed by atoms with Gasteiger partial charge in [0.2, 0.25) is 11.8 Å². The van der Waals surface area contributed by atoms with E-state index < -0.39 is 28.1 Å². The summed E-state index contributed by atoms with van der Waals surface area (Å²) in [4.78, 5) is 28.4. The Kier molecular flexibility index (Phi) is 6.15. The Balaban J connectivity index is 1.53. The van der Waals surface area contributed by atoms with Crippen molar-refractivity contribution < 1.29 is 23.1 Å². The highest BCUT2D eigenvalue weighted by atomic mass is 32.2. The molecule has 9 nitrogen and oxygen atoms in total. The summed E-state index contributed by atoms with van der Waals surface area (Å²) in [6.07, 6.45) is 3.83. The van der Waals surface area contributed by atoms with Gasteiger partial charge in [0.05, 0.1) is 18.0 Å². The van der Waals surface area contributed by atoms with Crippen LogP contribution in [-0.4, -0.2) is 36.9 Å². The molecule has 0 unspecified atom stereocenters. The number of rotatable bonds is 8. The van der Waals surface area contributed by atoms with Gasteiger partial charge in [-0.25, -0.2) is 18.1 Å². The predicted octanol–water partition coefficient (Wildman–Crippen LogP) is 1.13. The summed E-state index contributed by atoms with van der Waals surface area (Å²) >= 11 is 2.20. The fourth-order valence-corrected chi connectivity index (χ4v) is 5.81. The molecule has 1 saturated carbocycles. The van der Waals surface area contributed by atoms with Crippen molar-refractivity contribution in [1.82, 2.24) is 15.0 Å². The summed E-state index contributed by atoms with van der Waals surface area (Å²) in [5.41, 5.74) is -0.851. The third-order valence-corrected chi connectivity index (χ3v) is 8.31. The number of hydrogen-bond donors (Lipinski definition) is 4. The molecule has 2 amide bonds. The quantitative estimate of drug-likeness (QED) is 0.482. The van der Waals surface area contributed by atoms with Crippen molar-refractivity contribution in [1.29, 1.82) is 0 Å². The highest BCUT2D eigenvalue weighted by Gasteiger charge is 2.38. The number of anilines is 1. The Hall–Kier alpha value is -1.86. The summed E-state index contributed by atoms with van der Waals surface area (Å²) in [5.74, 6) is -0.762. The van der Waals surface area contributed by atoms with E-state index in [-0.39, 0.29) is 16.7 Å². The van der Waals surface area contributed by atoms with E-state index in [2.05, 4.69) is 20.3 Å². The normalized spacial score (nSPS) is 15.6. The third-order valence-electron chi connectivity index (χ3n) is 4.23. The summed E-state index contributed by atoms with van der Waals surface area (Å²) in [5, 5.41) is 15.7. The molecule has 28 heavy (non-hydrogen) atoms. The molecule has 1 aliphatic rings. The second kappa shape index (κ2) is 8.25. The van der Waals surface area contributed by atoms with Crippen LogP contribution in [0.4, 0.5) is 5.13 Å². The fraction of sp³-hybridized carbons (Fsp3) is 0.438. The van der Waals surface area contributed by atoms with Crippen molar-refractivity contribution in [2.45, 2.75) is 42.5 Å². The van der Waals surface area contributed by atoms with Crippen molar-refractivity contribution in [3.63, 3.8) is 0 Å². The topological polar surface area (TPSA) is 137 Å². The van der Waals surface area contributed by atoms with E-state index in [1.165, 1.54) is 30.5 Å². The largest absolute Gasteiger partial charge is 0.384 e. The molecule has 2 aromatic heterocycles. The lowest BCUT2D eigenvalue weighted by molar-refractivity contribution is -0.119. The lowest BCUT2D eigenvalue weighted by atomic mass is 9.79. The molecule has 152 valence electrons. The minimum Gasteiger partial charge on any atom is -0.384 e. The zero-order valence-electron chi connectivity index (χ0n) is 15.0. The molecule has 1 fully saturated rings. The molecule has 0 aliphatic heterocycles. The van der Waals surface area contributed by atoms with Crippen LogP contribution >= 0.6 is 22.7 Å². The number of sulfonamides is 1. The first-order valence-corrected chi connectivity index (χ1v) is 11.6. The standard InChI is InChI=1S/C16H20N4O5S3/c1-10(21)17-7-11-3-4-14(26-11)28(24,25)19-9-13(22)20-15-18-8-12(27-15)16(23)5-2-6-16/h3-4,8,19,23H,2,5-7,9H2,1H3,(H,17,21)(H,18,20,22). The summed E-state index contributed by atoms with van der Waals surface area (Å²) in [7, 11) is -3.84. The minimum atomic E-state index is -3.84. The molecule has 0 spiro atoms. The summed E-state index contributed by atoms with van der Waals surface area (Å²) in [6, 6.07) is 3.03. The van der Waals surface area contributed by atoms with E-state index in [1.807, 2.05) is 0 Å². The Morgan fingerprint density at radius 3 is 2.68 bits per heavy atom. The minimum absolute atomic E-state index is 0.0596. The van der Waals surface area contributed by atoms with Gasteiger partial charge >= 0.3 is 0 Å². The van der Waals surface area contributed by atoms with Crippen molar-refractivity contribution in [3.05, 3.63) is 28.1 Å². The maximum Gasteiger partial charge on any atom is 0.250 e. The maximum absolute atomic E-state index is 12.3. The lowest BCUT2D eigenvalue weighted by Crippen LogP contribution is -2.32. The second-order valence-corrected chi connectivity index (χ2v) is 10.6. The van der Waals surface area contributed by atoms with Gasteiger partial charge in [0, 0.05) is 18.0 Å². The average molecular weight is 445 g/mol. The van der Waals surface area contributed by atoms with Crippen LogP contribution in [0.1, 0.15) is 35.9 Å². The van der Waals surface area contributed by atoms with Crippen molar-refractivity contribution in [2.24, 2.45) is 0 Å². The van der Waals surface area contributed by atoms with Gasteiger partial charge in [-0.15, -0.1) is 11.3 Å². The predicted molar refractivity (Wildman–Crippen MR) is 106 cm³/mol. The number of thiazole rings is 1. The zero-order chi connectivity index (χ0) is 20.4. The molecule has 4 N–H and O–H groups in total. The van der Waals surface area contributed by atoms with Crippen LogP contribution in [0, 0.1) is 0 Å². The smallest absolute Gasteiger partial charge is 0.250 e. The van der Waals surface area contributed by atoms with E-state index in [4.69, 9.17) is 0 Å². The molecule has 0 aromatic carbocycles. The van der Waals surface area contributed by atoms with Crippen LogP contribution in [0.25, 0.3) is 0 Å². The molecule has 2 heterocycles. The number of thiophene rings is 1. The Morgan fingerprint density at radius 2 is 2.04 bits per heavy atom. The Labute approximate surface area is 170 Å². The van der Waals surface area contributed by atoms with Crippen LogP contribution in [0.2, 0.25) is 0 Å². The van der Waals surface area contributed by atoms with Crippen LogP contribution in [0.5, 0.6) is 0 Å². The Morgan fingerprint density at radius 1 is 1.29 bits per heavy atom. The molecule has 3 rings (SSSR count). The summed E-state index contributed by atoms with van der Waals surface area (Å²) in [6.45, 7) is 1.18. The van der Waals surface area contributed by atoms with Gasteiger partial charge in [0.25, 0.3) is 10.0 Å². The molecule has 12 heteroatoms. The number of nitrogens with zero attached hydrogens (tertiary/aromatic N) is 1. The molecular weight excluding hydrogens is 424 g/mol. The second-order valence-electron chi connectivity index (χ2n) is 6.42. The number of amides is 2. The lowest BCUT2D eigenvalue weighted by Gasteiger charge is -2.35. The van der Waals surface area contributed by atoms with Crippen LogP contribution in [-0.2, 0) is 31.8 Å². The molecule has 0 radical (unpaired) electrons. The number of aromatic nitrogens is 1.